The normalized spacial score (nSPS) is 23.8. The number of aryl methyl sites for hydroxylation is 2. The quantitative estimate of drug-likeness (QED) is 0.305. The van der Waals surface area contributed by atoms with Crippen LogP contribution in [0.2, 0.25) is 0 Å². The minimum Gasteiger partial charge on any atom is -0.497 e. The summed E-state index contributed by atoms with van der Waals surface area (Å²) >= 11 is 0. The molecule has 43 heavy (non-hydrogen) atoms. The molecule has 0 radical (unpaired) electrons. The molecule has 15 nitrogen and oxygen atoms in total. The Bertz CT molecular complexity index is 1500. The fourth-order valence-electron chi connectivity index (χ4n) is 5.40. The zero-order chi connectivity index (χ0) is 30.7. The third kappa shape index (κ3) is 6.71. The molecule has 0 saturated carbocycles. The number of methoxy groups -OCH3 is 1. The van der Waals surface area contributed by atoms with Crippen molar-refractivity contribution in [3.8, 4) is 17.0 Å². The second-order valence-corrected chi connectivity index (χ2v) is 10.3. The summed E-state index contributed by atoms with van der Waals surface area (Å²) in [6.45, 7) is 4.04. The third-order valence-corrected chi connectivity index (χ3v) is 7.14. The molecule has 3 aromatic rings. The third-order valence-electron chi connectivity index (χ3n) is 7.14. The molecule has 6 bridgehead atoms. The molecule has 2 aliphatic heterocycles. The number of aromatic nitrogens is 6. The topological polar surface area (TPSA) is 176 Å². The second kappa shape index (κ2) is 12.7. The van der Waals surface area contributed by atoms with Crippen LogP contribution in [-0.2, 0) is 52.8 Å². The van der Waals surface area contributed by atoms with E-state index in [1.54, 1.807) is 42.3 Å². The first-order valence-corrected chi connectivity index (χ1v) is 13.8. The van der Waals surface area contributed by atoms with Gasteiger partial charge in [0.05, 0.1) is 25.0 Å². The second-order valence-electron chi connectivity index (χ2n) is 10.3. The lowest BCUT2D eigenvalue weighted by Crippen LogP contribution is -2.62. The largest absolute Gasteiger partial charge is 0.497 e. The number of hydrogen-bond acceptors (Lipinski definition) is 13. The van der Waals surface area contributed by atoms with Crippen LogP contribution in [-0.4, -0.2) is 91.3 Å². The highest BCUT2D eigenvalue weighted by Crippen LogP contribution is 2.33. The molecule has 5 rings (SSSR count). The molecule has 1 fully saturated rings. The van der Waals surface area contributed by atoms with Gasteiger partial charge in [0.25, 0.3) is 0 Å². The van der Waals surface area contributed by atoms with Crippen LogP contribution in [0.25, 0.3) is 11.3 Å². The summed E-state index contributed by atoms with van der Waals surface area (Å²) in [6.07, 6.45) is -3.21. The number of benzene rings is 1. The van der Waals surface area contributed by atoms with Crippen molar-refractivity contribution < 1.29 is 42.9 Å². The first-order chi connectivity index (χ1) is 20.6. The van der Waals surface area contributed by atoms with Crippen LogP contribution < -0.4 is 4.74 Å². The number of rotatable bonds is 5. The molecule has 1 aromatic carbocycles. The Kier molecular flexibility index (Phi) is 8.80. The van der Waals surface area contributed by atoms with Gasteiger partial charge in [-0.3, -0.25) is 19.2 Å². The maximum atomic E-state index is 13.9. The minimum atomic E-state index is -1.28. The van der Waals surface area contributed by atoms with Gasteiger partial charge in [-0.05, 0) is 37.1 Å². The van der Waals surface area contributed by atoms with Crippen molar-refractivity contribution >= 4 is 23.7 Å². The van der Waals surface area contributed by atoms with E-state index < -0.39 is 54.2 Å². The number of hydrogen-bond donors (Lipinski definition) is 0. The summed E-state index contributed by atoms with van der Waals surface area (Å²) in [6, 6.07) is 7.15. The van der Waals surface area contributed by atoms with Gasteiger partial charge in [-0.15, -0.1) is 10.2 Å². The molecule has 0 amide bonds. The first-order valence-electron chi connectivity index (χ1n) is 13.8. The molecule has 0 aliphatic carbocycles. The Morgan fingerprint density at radius 1 is 0.884 bits per heavy atom. The number of carbonyl (C=O) groups is 4. The number of fused-ring (bicyclic) bond motifs is 6. The van der Waals surface area contributed by atoms with Crippen LogP contribution in [0, 0.1) is 0 Å². The van der Waals surface area contributed by atoms with Crippen molar-refractivity contribution in [2.24, 2.45) is 0 Å². The lowest BCUT2D eigenvalue weighted by molar-refractivity contribution is -0.248. The number of Topliss-reactive ketones (excluding diaryl/α,β-unsaturated/α-hetero) is 1. The van der Waals surface area contributed by atoms with Gasteiger partial charge < -0.3 is 23.7 Å². The van der Waals surface area contributed by atoms with Gasteiger partial charge in [0.1, 0.15) is 18.0 Å². The molecule has 1 saturated heterocycles. The van der Waals surface area contributed by atoms with Crippen molar-refractivity contribution in [1.82, 2.24) is 30.0 Å². The molecule has 0 unspecified atom stereocenters. The van der Waals surface area contributed by atoms with E-state index in [2.05, 4.69) is 20.6 Å². The number of ketones is 1. The predicted octanol–water partition coefficient (Wildman–Crippen LogP) is 1.33. The van der Waals surface area contributed by atoms with Crippen LogP contribution in [0.15, 0.2) is 30.5 Å². The molecular formula is C28H32N6O9. The van der Waals surface area contributed by atoms with Crippen molar-refractivity contribution in [1.29, 1.82) is 0 Å². The van der Waals surface area contributed by atoms with Crippen LogP contribution in [0.3, 0.4) is 0 Å². The van der Waals surface area contributed by atoms with Crippen LogP contribution >= 0.6 is 0 Å². The highest BCUT2D eigenvalue weighted by Gasteiger charge is 2.52. The maximum Gasteiger partial charge on any atom is 0.303 e. The summed E-state index contributed by atoms with van der Waals surface area (Å²) in [5, 5.41) is 17.0. The van der Waals surface area contributed by atoms with Gasteiger partial charge in [-0.1, -0.05) is 10.4 Å². The zero-order valence-electron chi connectivity index (χ0n) is 24.2. The molecular weight excluding hydrogens is 564 g/mol. The molecule has 0 N–H and O–H groups in total. The predicted molar refractivity (Wildman–Crippen MR) is 145 cm³/mol. The fraction of sp³-hybridized carbons (Fsp3) is 0.500. The van der Waals surface area contributed by atoms with Crippen molar-refractivity contribution in [3.05, 3.63) is 41.9 Å². The number of nitrogens with zero attached hydrogens (tertiary/aromatic N) is 6. The SMILES string of the molecule is COc1ccc(-c2c3nnn2CCCc2cn(nn2)C[C@H]2O[C@@H](CC3=O)[C@H](OC(C)=O)[C@@H](OC(C)=O)[C@@H]2OC(C)=O)cc1. The van der Waals surface area contributed by atoms with E-state index in [-0.39, 0.29) is 18.7 Å². The van der Waals surface area contributed by atoms with Crippen LogP contribution in [0.5, 0.6) is 5.75 Å². The lowest BCUT2D eigenvalue weighted by atomic mass is 9.90. The van der Waals surface area contributed by atoms with Crippen molar-refractivity contribution in [2.45, 2.75) is 83.6 Å². The summed E-state index contributed by atoms with van der Waals surface area (Å²) in [5.74, 6) is -1.88. The van der Waals surface area contributed by atoms with E-state index in [4.69, 9.17) is 23.7 Å². The molecule has 228 valence electrons. The van der Waals surface area contributed by atoms with E-state index in [0.717, 1.165) is 0 Å². The van der Waals surface area contributed by atoms with E-state index >= 15 is 0 Å². The van der Waals surface area contributed by atoms with Crippen LogP contribution in [0.4, 0.5) is 0 Å². The molecule has 5 atom stereocenters. The van der Waals surface area contributed by atoms with Crippen molar-refractivity contribution in [3.63, 3.8) is 0 Å². The van der Waals surface area contributed by atoms with E-state index in [1.165, 1.54) is 25.5 Å². The van der Waals surface area contributed by atoms with Gasteiger partial charge in [-0.2, -0.15) is 0 Å². The number of ether oxygens (including phenoxy) is 5. The van der Waals surface area contributed by atoms with Gasteiger partial charge in [0.15, 0.2) is 29.8 Å². The van der Waals surface area contributed by atoms with E-state index in [9.17, 15) is 19.2 Å². The number of esters is 3. The van der Waals surface area contributed by atoms with E-state index in [0.29, 0.717) is 42.1 Å². The average Bonchev–Trinajstić information content (AvgIpc) is 3.58. The standard InChI is InChI=1S/C28H32N6O9/c1-15(35)40-26-22-12-21(38)24-25(18-7-9-20(39-4)10-8-18)34(32-30-24)11-5-6-19-13-33(31-29-19)14-23(43-22)27(41-16(2)36)28(26)42-17(3)37/h7-10,13,22-23,26-28H,5-6,11-12,14H2,1-4H3/t22-,23+,26-,27+,28+/m0/s1. The number of carbonyl (C=O) groups excluding carboxylic acids is 4. The Morgan fingerprint density at radius 2 is 1.53 bits per heavy atom. The molecule has 15 heteroatoms. The van der Waals surface area contributed by atoms with Gasteiger partial charge in [0.2, 0.25) is 0 Å². The Balaban J connectivity index is 1.60. The Labute approximate surface area is 246 Å². The lowest BCUT2D eigenvalue weighted by Gasteiger charge is -2.44. The van der Waals surface area contributed by atoms with Gasteiger partial charge >= 0.3 is 17.9 Å². The Morgan fingerprint density at radius 3 is 2.19 bits per heavy atom. The summed E-state index contributed by atoms with van der Waals surface area (Å²) < 4.78 is 31.5. The highest BCUT2D eigenvalue weighted by molar-refractivity contribution is 6.00. The van der Waals surface area contributed by atoms with E-state index in [1.807, 2.05) is 0 Å². The van der Waals surface area contributed by atoms with Gasteiger partial charge in [-0.25, -0.2) is 9.36 Å². The Hall–Kier alpha value is -4.66. The zero-order valence-corrected chi connectivity index (χ0v) is 24.2. The van der Waals surface area contributed by atoms with Crippen LogP contribution in [0.1, 0.15) is 49.8 Å². The molecule has 4 heterocycles. The van der Waals surface area contributed by atoms with Crippen molar-refractivity contribution in [2.75, 3.05) is 7.11 Å². The minimum absolute atomic E-state index is 0.0474. The fourth-order valence-corrected chi connectivity index (χ4v) is 5.40. The summed E-state index contributed by atoms with van der Waals surface area (Å²) in [5.41, 5.74) is 1.98. The molecule has 0 spiro atoms. The maximum absolute atomic E-state index is 13.9. The molecule has 2 aromatic heterocycles. The molecule has 2 aliphatic rings. The first kappa shape index (κ1) is 29.8. The van der Waals surface area contributed by atoms with Gasteiger partial charge in [0, 0.05) is 45.5 Å². The smallest absolute Gasteiger partial charge is 0.303 e. The highest BCUT2D eigenvalue weighted by atomic mass is 16.6. The summed E-state index contributed by atoms with van der Waals surface area (Å²) in [7, 11) is 1.56. The summed E-state index contributed by atoms with van der Waals surface area (Å²) in [4.78, 5) is 50.5. The average molecular weight is 597 g/mol. The monoisotopic (exact) mass is 596 g/mol.